The third-order valence-electron chi connectivity index (χ3n) is 5.00. The molecule has 0 saturated carbocycles. The maximum atomic E-state index is 12.3. The summed E-state index contributed by atoms with van der Waals surface area (Å²) < 4.78 is 32.0. The van der Waals surface area contributed by atoms with Gasteiger partial charge in [-0.05, 0) is 27.7 Å². The second-order valence-electron chi connectivity index (χ2n) is 9.00. The molecule has 13 heteroatoms. The van der Waals surface area contributed by atoms with Gasteiger partial charge in [-0.1, -0.05) is 6.92 Å². The molecular formula is C21H34BN4O7P. The van der Waals surface area contributed by atoms with Crippen molar-refractivity contribution in [3.63, 3.8) is 0 Å². The molecule has 0 spiro atoms. The number of methoxy groups -OCH3 is 1. The van der Waals surface area contributed by atoms with Crippen LogP contribution in [0.4, 0.5) is 0 Å². The van der Waals surface area contributed by atoms with Crippen molar-refractivity contribution in [2.45, 2.75) is 64.3 Å². The van der Waals surface area contributed by atoms with Crippen LogP contribution in [0.3, 0.4) is 0 Å². The molecule has 1 saturated heterocycles. The Kier molecular flexibility index (Phi) is 9.23. The van der Waals surface area contributed by atoms with E-state index in [0.717, 1.165) is 0 Å². The number of aromatic amines is 1. The Hall–Kier alpha value is -2.05. The molecule has 1 unspecified atom stereocenters. The first-order chi connectivity index (χ1) is 15.8. The van der Waals surface area contributed by atoms with Crippen molar-refractivity contribution in [1.82, 2.24) is 9.55 Å². The maximum Gasteiger partial charge on any atom is 0.330 e. The molecule has 0 radical (unpaired) electrons. The Labute approximate surface area is 201 Å². The summed E-state index contributed by atoms with van der Waals surface area (Å²) in [5.41, 5.74) is -2.62. The van der Waals surface area contributed by atoms with Gasteiger partial charge >= 0.3 is 5.69 Å². The lowest BCUT2D eigenvalue weighted by Gasteiger charge is -2.35. The molecule has 1 aromatic heterocycles. The van der Waals surface area contributed by atoms with E-state index in [2.05, 4.69) is 14.7 Å². The Morgan fingerprint density at radius 1 is 1.18 bits per heavy atom. The molecule has 1 fully saturated rings. The van der Waals surface area contributed by atoms with Crippen molar-refractivity contribution < 1.29 is 23.0 Å². The van der Waals surface area contributed by atoms with Gasteiger partial charge in [-0.3, -0.25) is 14.3 Å². The fourth-order valence-electron chi connectivity index (χ4n) is 3.27. The van der Waals surface area contributed by atoms with Gasteiger partial charge in [0.1, 0.15) is 12.7 Å². The van der Waals surface area contributed by atoms with E-state index in [4.69, 9.17) is 36.2 Å². The molecule has 11 nitrogen and oxygen atoms in total. The first kappa shape index (κ1) is 28.2. The summed E-state index contributed by atoms with van der Waals surface area (Å²) in [5.74, 6) is -0.144. The molecule has 1 aromatic rings. The van der Waals surface area contributed by atoms with E-state index >= 15 is 0 Å². The fourth-order valence-corrected chi connectivity index (χ4v) is 4.61. The van der Waals surface area contributed by atoms with Crippen LogP contribution in [0.2, 0.25) is 0 Å². The van der Waals surface area contributed by atoms with Crippen LogP contribution in [-0.4, -0.2) is 67.3 Å². The van der Waals surface area contributed by atoms with Crippen LogP contribution in [0.5, 0.6) is 0 Å². The third-order valence-corrected chi connectivity index (χ3v) is 6.65. The van der Waals surface area contributed by atoms with Gasteiger partial charge in [0, 0.05) is 25.3 Å². The first-order valence-corrected chi connectivity index (χ1v) is 11.5. The topological polar surface area (TPSA) is 110 Å². The van der Waals surface area contributed by atoms with Crippen LogP contribution >= 0.6 is 7.82 Å². The second-order valence-corrected chi connectivity index (χ2v) is 10.1. The average Bonchev–Trinajstić information content (AvgIpc) is 3.00. The highest BCUT2D eigenvalue weighted by Gasteiger charge is 2.49. The van der Waals surface area contributed by atoms with Gasteiger partial charge in [-0.15, -0.1) is 0 Å². The average molecular weight is 496 g/mol. The summed E-state index contributed by atoms with van der Waals surface area (Å²) in [5, 5.41) is 0. The van der Waals surface area contributed by atoms with Crippen molar-refractivity contribution in [2.75, 3.05) is 26.8 Å². The van der Waals surface area contributed by atoms with Crippen molar-refractivity contribution in [1.29, 1.82) is 0 Å². The minimum atomic E-state index is -2.76. The van der Waals surface area contributed by atoms with Crippen LogP contribution in [0.25, 0.3) is 9.69 Å². The molecule has 0 aromatic carbocycles. The van der Waals surface area contributed by atoms with Crippen LogP contribution < -0.4 is 11.2 Å². The maximum absolute atomic E-state index is 12.3. The molecule has 34 heavy (non-hydrogen) atoms. The fraction of sp³-hybridized carbons (Fsp3) is 0.714. The Morgan fingerprint density at radius 3 is 2.21 bits per heavy atom. The second kappa shape index (κ2) is 11.1. The zero-order valence-electron chi connectivity index (χ0n) is 19.7. The first-order valence-electron chi connectivity index (χ1n) is 10.4. The highest BCUT2D eigenvalue weighted by atomic mass is 31.2. The molecule has 0 aliphatic carbocycles. The van der Waals surface area contributed by atoms with Crippen molar-refractivity contribution in [2.24, 2.45) is 5.92 Å². The lowest BCUT2D eigenvalue weighted by atomic mass is 10.0. The lowest BCUT2D eigenvalue weighted by molar-refractivity contribution is -0.0651. The van der Waals surface area contributed by atoms with Gasteiger partial charge in [0.25, 0.3) is 5.56 Å². The lowest BCUT2D eigenvalue weighted by Crippen LogP contribution is -2.36. The number of ether oxygens (including phenoxy) is 2. The number of rotatable bonds is 11. The molecule has 1 N–H and O–H groups in total. The van der Waals surface area contributed by atoms with E-state index in [9.17, 15) is 9.59 Å². The smallest absolute Gasteiger partial charge is 0.330 e. The van der Waals surface area contributed by atoms with Crippen molar-refractivity contribution in [3.05, 3.63) is 55.9 Å². The van der Waals surface area contributed by atoms with E-state index in [1.807, 2.05) is 34.6 Å². The highest BCUT2D eigenvalue weighted by Crippen LogP contribution is 2.63. The predicted molar refractivity (Wildman–Crippen MR) is 131 cm³/mol. The summed E-state index contributed by atoms with van der Waals surface area (Å²) in [6.45, 7) is 24.1. The van der Waals surface area contributed by atoms with Crippen LogP contribution in [0, 0.1) is 19.1 Å². The van der Waals surface area contributed by atoms with Crippen LogP contribution in [0.1, 0.15) is 40.8 Å². The number of nitrogens with zero attached hydrogens (tertiary/aromatic N) is 3. The SMILES string of the molecule is [BH3-][P+](OC[C@H]1O[C@@H](n2ccc(=O)[nH]c2=O)[C@@H](OC)C1C)(OC(C)(C)C[N+]#[C-])OC(C)(C)C[N+]#[C-]. The minimum Gasteiger partial charge on any atom is -0.376 e. The van der Waals surface area contributed by atoms with Gasteiger partial charge in [0.2, 0.25) is 28.5 Å². The summed E-state index contributed by atoms with van der Waals surface area (Å²) in [6, 6.07) is 1.26. The van der Waals surface area contributed by atoms with E-state index in [1.165, 1.54) is 16.8 Å². The van der Waals surface area contributed by atoms with Crippen LogP contribution in [-0.2, 0) is 23.0 Å². The van der Waals surface area contributed by atoms with Crippen molar-refractivity contribution in [3.8, 4) is 0 Å². The van der Waals surface area contributed by atoms with Gasteiger partial charge in [-0.2, -0.15) is 0 Å². The molecule has 1 aliphatic rings. The zero-order chi connectivity index (χ0) is 25.7. The largest absolute Gasteiger partial charge is 0.376 e. The van der Waals surface area contributed by atoms with Gasteiger partial charge in [0.05, 0.1) is 6.10 Å². The van der Waals surface area contributed by atoms with E-state index in [0.29, 0.717) is 0 Å². The molecule has 1 aliphatic heterocycles. The molecule has 0 bridgehead atoms. The standard InChI is InChI=1S/C21H34BN4O7P/c1-14-15(31-18(17(14)29-8)26-10-9-16(27)25-19(26)28)11-30-34(22,32-20(2,3)12-23-6)33-21(4,5)13-24-7/h9-10,14-15,17-18H,11-13H2,1-5,8,22H3,(H,25,27,28)/t14?,15-,17+,18-/m1/s1. The van der Waals surface area contributed by atoms with E-state index in [1.54, 1.807) is 7.11 Å². The molecular weight excluding hydrogens is 462 g/mol. The van der Waals surface area contributed by atoms with Crippen molar-refractivity contribution >= 4 is 15.4 Å². The summed E-state index contributed by atoms with van der Waals surface area (Å²) >= 11 is 0. The summed E-state index contributed by atoms with van der Waals surface area (Å²) in [6.07, 6.45) is -0.247. The normalized spacial score (nSPS) is 23.4. The Morgan fingerprint density at radius 2 is 1.74 bits per heavy atom. The number of nitrogens with one attached hydrogen (secondary N) is 1. The number of H-pyrrole nitrogens is 1. The molecule has 2 heterocycles. The highest BCUT2D eigenvalue weighted by molar-refractivity contribution is 7.85. The monoisotopic (exact) mass is 496 g/mol. The predicted octanol–water partition coefficient (Wildman–Crippen LogP) is 1.57. The zero-order valence-corrected chi connectivity index (χ0v) is 20.6. The summed E-state index contributed by atoms with van der Waals surface area (Å²) in [4.78, 5) is 32.9. The molecule has 188 valence electrons. The molecule has 0 amide bonds. The summed E-state index contributed by atoms with van der Waals surface area (Å²) in [7, 11) is -1.89. The molecule has 4 atom stereocenters. The number of aromatic nitrogens is 2. The third kappa shape index (κ3) is 7.23. The quantitative estimate of drug-likeness (QED) is 0.282. The minimum absolute atomic E-state index is 0.134. The van der Waals surface area contributed by atoms with Gasteiger partial charge < -0.3 is 19.2 Å². The molecule has 2 rings (SSSR count). The van der Waals surface area contributed by atoms with E-state index in [-0.39, 0.29) is 25.6 Å². The van der Waals surface area contributed by atoms with E-state index < -0.39 is 56.3 Å². The number of hydrogen-bond donors (Lipinski definition) is 1. The van der Waals surface area contributed by atoms with Gasteiger partial charge in [-0.25, -0.2) is 31.5 Å². The van der Waals surface area contributed by atoms with Gasteiger partial charge in [0.15, 0.2) is 17.4 Å². The van der Waals surface area contributed by atoms with Crippen LogP contribution in [0.15, 0.2) is 21.9 Å². The number of hydrogen-bond acceptors (Lipinski definition) is 7. The Balaban J connectivity index is 2.25. The Bertz CT molecular complexity index is 1020.